The van der Waals surface area contributed by atoms with Crippen LogP contribution in [0.1, 0.15) is 48.9 Å². The molecule has 0 aliphatic carbocycles. The van der Waals surface area contributed by atoms with Crippen molar-refractivity contribution in [1.82, 2.24) is 15.3 Å². The Hall–Kier alpha value is -3.20. The summed E-state index contributed by atoms with van der Waals surface area (Å²) in [7, 11) is 3.21. The van der Waals surface area contributed by atoms with Crippen molar-refractivity contribution in [2.24, 2.45) is 5.73 Å². The number of nitrogens with zero attached hydrogens (tertiary/aromatic N) is 2. The normalized spacial score (nSPS) is 15.6. The van der Waals surface area contributed by atoms with E-state index in [9.17, 15) is 5.11 Å². The summed E-state index contributed by atoms with van der Waals surface area (Å²) < 4.78 is 11.2. The van der Waals surface area contributed by atoms with Gasteiger partial charge in [-0.15, -0.1) is 0 Å². The van der Waals surface area contributed by atoms with Crippen LogP contribution in [0.25, 0.3) is 33.6 Å². The Kier molecular flexibility index (Phi) is 9.42. The molecule has 4 N–H and O–H groups in total. The van der Waals surface area contributed by atoms with Crippen molar-refractivity contribution < 1.29 is 14.6 Å². The number of halogens is 2. The van der Waals surface area contributed by atoms with E-state index in [1.54, 1.807) is 14.2 Å². The number of hydrogen-bond acceptors (Lipinski definition) is 7. The van der Waals surface area contributed by atoms with Gasteiger partial charge in [0.25, 0.3) is 0 Å². The van der Waals surface area contributed by atoms with Crippen LogP contribution in [0.2, 0.25) is 10.0 Å². The number of ether oxygens (including phenoxy) is 2. The van der Waals surface area contributed by atoms with Crippen LogP contribution in [0.15, 0.2) is 60.7 Å². The van der Waals surface area contributed by atoms with Gasteiger partial charge < -0.3 is 25.6 Å². The Morgan fingerprint density at radius 1 is 0.878 bits per heavy atom. The van der Waals surface area contributed by atoms with Gasteiger partial charge in [0.05, 0.1) is 35.7 Å². The number of aliphatic hydroxyl groups excluding tert-OH is 1. The summed E-state index contributed by atoms with van der Waals surface area (Å²) in [5, 5.41) is 13.7. The first-order chi connectivity index (χ1) is 20.0. The first-order valence-corrected chi connectivity index (χ1v) is 14.5. The number of pyridine rings is 2. The second-order valence-electron chi connectivity index (χ2n) is 10.0. The Morgan fingerprint density at radius 2 is 1.46 bits per heavy atom. The lowest BCUT2D eigenvalue weighted by molar-refractivity contribution is 0.279. The van der Waals surface area contributed by atoms with E-state index >= 15 is 0 Å². The highest BCUT2D eigenvalue weighted by Gasteiger charge is 2.23. The minimum Gasteiger partial charge on any atom is -0.481 e. The number of methoxy groups -OCH3 is 2. The van der Waals surface area contributed by atoms with Gasteiger partial charge in [0.15, 0.2) is 0 Å². The minimum absolute atomic E-state index is 0.0839. The Labute approximate surface area is 250 Å². The lowest BCUT2D eigenvalue weighted by atomic mass is 9.97. The zero-order valence-corrected chi connectivity index (χ0v) is 24.7. The molecule has 0 bridgehead atoms. The maximum absolute atomic E-state index is 9.17. The molecule has 214 valence electrons. The molecule has 41 heavy (non-hydrogen) atoms. The molecule has 1 fully saturated rings. The average molecular weight is 594 g/mol. The lowest BCUT2D eigenvalue weighted by Gasteiger charge is -2.17. The molecule has 4 aromatic rings. The molecule has 2 unspecified atom stereocenters. The third kappa shape index (κ3) is 6.05. The molecule has 2 aromatic carbocycles. The molecule has 3 heterocycles. The Bertz CT molecular complexity index is 1530. The number of nitrogens with two attached hydrogens (primary N) is 1. The topological polar surface area (TPSA) is 103 Å². The minimum atomic E-state index is -0.294. The Morgan fingerprint density at radius 3 is 2.02 bits per heavy atom. The summed E-state index contributed by atoms with van der Waals surface area (Å²) in [4.78, 5) is 9.54. The molecule has 9 heteroatoms. The predicted molar refractivity (Wildman–Crippen MR) is 165 cm³/mol. The average Bonchev–Trinajstić information content (AvgIpc) is 3.54. The van der Waals surface area contributed by atoms with Crippen molar-refractivity contribution >= 4 is 23.2 Å². The van der Waals surface area contributed by atoms with Crippen LogP contribution in [-0.2, 0) is 0 Å². The van der Waals surface area contributed by atoms with Gasteiger partial charge in [-0.3, -0.25) is 0 Å². The third-order valence-electron chi connectivity index (χ3n) is 7.51. The number of rotatable bonds is 10. The van der Waals surface area contributed by atoms with Gasteiger partial charge in [-0.1, -0.05) is 59.6 Å². The van der Waals surface area contributed by atoms with E-state index < -0.39 is 0 Å². The van der Waals surface area contributed by atoms with E-state index in [0.717, 1.165) is 58.5 Å². The molecule has 1 aliphatic rings. The number of benzene rings is 2. The van der Waals surface area contributed by atoms with Crippen molar-refractivity contribution in [1.29, 1.82) is 0 Å². The Balaban J connectivity index is 1.51. The van der Waals surface area contributed by atoms with Crippen LogP contribution < -0.4 is 20.5 Å². The zero-order valence-electron chi connectivity index (χ0n) is 23.2. The van der Waals surface area contributed by atoms with Gasteiger partial charge >= 0.3 is 0 Å². The molecule has 1 aliphatic heterocycles. The van der Waals surface area contributed by atoms with Gasteiger partial charge in [0.1, 0.15) is 0 Å². The molecule has 2 atom stereocenters. The van der Waals surface area contributed by atoms with E-state index in [-0.39, 0.29) is 18.7 Å². The maximum Gasteiger partial charge on any atom is 0.218 e. The molecule has 7 nitrogen and oxygen atoms in total. The van der Waals surface area contributed by atoms with E-state index in [1.807, 2.05) is 54.6 Å². The quantitative estimate of drug-likeness (QED) is 0.182. The molecule has 1 saturated heterocycles. The van der Waals surface area contributed by atoms with Crippen molar-refractivity contribution in [2.45, 2.75) is 37.8 Å². The standard InChI is InChI=1S/C32H34Cl2N4O3/c1-40-31-21(25(35)11-6-18-39)13-15-27(37-31)22-9-3-7-19(29(22)33)20-8-4-10-23(30(20)34)28-16-14-24(32(38-28)41-2)26-12-5-17-36-26/h3-4,7-10,13-16,25-26,36,39H,5-6,11-12,17-18,35H2,1-2H3. The van der Waals surface area contributed by atoms with Gasteiger partial charge in [-0.05, 0) is 56.5 Å². The van der Waals surface area contributed by atoms with Gasteiger partial charge in [-0.25, -0.2) is 9.97 Å². The van der Waals surface area contributed by atoms with Crippen LogP contribution in [0.5, 0.6) is 11.8 Å². The van der Waals surface area contributed by atoms with Crippen LogP contribution in [0.3, 0.4) is 0 Å². The summed E-state index contributed by atoms with van der Waals surface area (Å²) in [5.74, 6) is 1.04. The maximum atomic E-state index is 9.17. The zero-order chi connectivity index (χ0) is 28.9. The highest BCUT2D eigenvalue weighted by molar-refractivity contribution is 6.39. The van der Waals surface area contributed by atoms with Crippen LogP contribution >= 0.6 is 23.2 Å². The first-order valence-electron chi connectivity index (χ1n) is 13.7. The highest BCUT2D eigenvalue weighted by Crippen LogP contribution is 2.43. The molecular weight excluding hydrogens is 559 g/mol. The third-order valence-corrected chi connectivity index (χ3v) is 8.33. The largest absolute Gasteiger partial charge is 0.481 e. The SMILES string of the molecule is COc1nc(-c2cccc(-c3cccc(-c4ccc(C5CCCN5)c(OC)n4)c3Cl)c2Cl)ccc1C(N)CCCO. The highest BCUT2D eigenvalue weighted by atomic mass is 35.5. The van der Waals surface area contributed by atoms with Crippen molar-refractivity contribution in [3.63, 3.8) is 0 Å². The molecule has 2 aromatic heterocycles. The molecule has 0 amide bonds. The molecule has 0 radical (unpaired) electrons. The second kappa shape index (κ2) is 13.2. The molecule has 0 spiro atoms. The first kappa shape index (κ1) is 29.3. The number of aliphatic hydroxyl groups is 1. The fraction of sp³-hybridized carbons (Fsp3) is 0.312. The van der Waals surface area contributed by atoms with E-state index in [4.69, 9.17) is 48.4 Å². The molecule has 5 rings (SSSR count). The number of nitrogens with one attached hydrogen (secondary N) is 1. The fourth-order valence-corrected chi connectivity index (χ4v) is 6.02. The molecular formula is C32H34Cl2N4O3. The number of aromatic nitrogens is 2. The molecule has 0 saturated carbocycles. The van der Waals surface area contributed by atoms with Crippen molar-refractivity contribution in [3.8, 4) is 45.4 Å². The monoisotopic (exact) mass is 592 g/mol. The van der Waals surface area contributed by atoms with Gasteiger partial charge in [0, 0.05) is 52.1 Å². The van der Waals surface area contributed by atoms with Crippen LogP contribution in [0, 0.1) is 0 Å². The lowest BCUT2D eigenvalue weighted by Crippen LogP contribution is -2.14. The smallest absolute Gasteiger partial charge is 0.218 e. The van der Waals surface area contributed by atoms with E-state index in [1.165, 1.54) is 0 Å². The van der Waals surface area contributed by atoms with E-state index in [2.05, 4.69) is 11.4 Å². The number of hydrogen-bond donors (Lipinski definition) is 3. The summed E-state index contributed by atoms with van der Waals surface area (Å²) in [6.45, 7) is 1.08. The fourth-order valence-electron chi connectivity index (χ4n) is 5.37. The van der Waals surface area contributed by atoms with E-state index in [0.29, 0.717) is 40.3 Å². The predicted octanol–water partition coefficient (Wildman–Crippen LogP) is 7.00. The van der Waals surface area contributed by atoms with Gasteiger partial charge in [-0.2, -0.15) is 0 Å². The second-order valence-corrected chi connectivity index (χ2v) is 10.8. The van der Waals surface area contributed by atoms with Crippen molar-refractivity contribution in [3.05, 3.63) is 81.8 Å². The van der Waals surface area contributed by atoms with Gasteiger partial charge in [0.2, 0.25) is 11.8 Å². The summed E-state index contributed by atoms with van der Waals surface area (Å²) in [6.07, 6.45) is 3.42. The summed E-state index contributed by atoms with van der Waals surface area (Å²) >= 11 is 14.1. The van der Waals surface area contributed by atoms with Crippen molar-refractivity contribution in [2.75, 3.05) is 27.4 Å². The summed E-state index contributed by atoms with van der Waals surface area (Å²) in [5.41, 5.74) is 12.6. The van der Waals surface area contributed by atoms with Crippen LogP contribution in [0.4, 0.5) is 0 Å². The van der Waals surface area contributed by atoms with Crippen LogP contribution in [-0.4, -0.2) is 42.4 Å². The summed E-state index contributed by atoms with van der Waals surface area (Å²) in [6, 6.07) is 19.4.